The lowest BCUT2D eigenvalue weighted by atomic mass is 9.48. The molecule has 5 aliphatic rings. The summed E-state index contributed by atoms with van der Waals surface area (Å²) in [6, 6.07) is 0. The SMILES string of the molecule is CC(C)(C)C1C2CC(CCC3CCCCCCCC3)CC2CC2C3CCCCC3CCC21. The van der Waals surface area contributed by atoms with Crippen molar-refractivity contribution in [1.29, 1.82) is 0 Å². The minimum atomic E-state index is 0.514. The Labute approximate surface area is 201 Å². The Hall–Kier alpha value is 0. The summed E-state index contributed by atoms with van der Waals surface area (Å²) in [7, 11) is 0. The van der Waals surface area contributed by atoms with Gasteiger partial charge < -0.3 is 0 Å². The molecule has 0 saturated heterocycles. The van der Waals surface area contributed by atoms with Crippen LogP contribution in [0.15, 0.2) is 0 Å². The molecule has 0 aromatic rings. The van der Waals surface area contributed by atoms with Crippen LogP contribution < -0.4 is 0 Å². The molecule has 0 amide bonds. The van der Waals surface area contributed by atoms with E-state index < -0.39 is 0 Å². The van der Waals surface area contributed by atoms with Crippen LogP contribution in [0.5, 0.6) is 0 Å². The van der Waals surface area contributed by atoms with Crippen molar-refractivity contribution in [3.8, 4) is 0 Å². The second-order valence-electron chi connectivity index (χ2n) is 14.6. The summed E-state index contributed by atoms with van der Waals surface area (Å²) in [5.74, 6) is 9.73. The van der Waals surface area contributed by atoms with Crippen LogP contribution in [-0.4, -0.2) is 0 Å². The fourth-order valence-corrected chi connectivity index (χ4v) is 10.5. The van der Waals surface area contributed by atoms with Gasteiger partial charge in [0.15, 0.2) is 0 Å². The quantitative estimate of drug-likeness (QED) is 0.409. The molecule has 0 aromatic carbocycles. The summed E-state index contributed by atoms with van der Waals surface area (Å²) in [5, 5.41) is 0. The molecule has 0 aliphatic heterocycles. The zero-order valence-corrected chi connectivity index (χ0v) is 22.1. The second kappa shape index (κ2) is 10.3. The largest absolute Gasteiger partial charge is 0.0599 e. The van der Waals surface area contributed by atoms with Gasteiger partial charge in [-0.05, 0) is 97.2 Å². The molecule has 8 unspecified atom stereocenters. The monoisotopic (exact) mass is 440 g/mol. The fourth-order valence-electron chi connectivity index (χ4n) is 10.5. The summed E-state index contributed by atoms with van der Waals surface area (Å²) >= 11 is 0. The van der Waals surface area contributed by atoms with Crippen molar-refractivity contribution in [3.63, 3.8) is 0 Å². The van der Waals surface area contributed by atoms with Crippen molar-refractivity contribution >= 4 is 0 Å². The van der Waals surface area contributed by atoms with Gasteiger partial charge in [-0.25, -0.2) is 0 Å². The Morgan fingerprint density at radius 3 is 1.88 bits per heavy atom. The van der Waals surface area contributed by atoms with Crippen molar-refractivity contribution < 1.29 is 0 Å². The Bertz CT molecular complexity index is 573. The van der Waals surface area contributed by atoms with Crippen LogP contribution in [0.2, 0.25) is 0 Å². The first-order valence-electron chi connectivity index (χ1n) is 15.5. The molecule has 0 heteroatoms. The molecule has 5 aliphatic carbocycles. The molecule has 0 spiro atoms. The number of hydrogen-bond acceptors (Lipinski definition) is 0. The first-order chi connectivity index (χ1) is 15.5. The minimum Gasteiger partial charge on any atom is -0.0599 e. The molecule has 0 aromatic heterocycles. The van der Waals surface area contributed by atoms with E-state index in [9.17, 15) is 0 Å². The summed E-state index contributed by atoms with van der Waals surface area (Å²) < 4.78 is 0. The maximum Gasteiger partial charge on any atom is -0.0303 e. The molecule has 32 heavy (non-hydrogen) atoms. The normalized spacial score (nSPS) is 44.0. The van der Waals surface area contributed by atoms with Crippen LogP contribution >= 0.6 is 0 Å². The molecule has 0 radical (unpaired) electrons. The van der Waals surface area contributed by atoms with Gasteiger partial charge in [0.2, 0.25) is 0 Å². The van der Waals surface area contributed by atoms with E-state index in [-0.39, 0.29) is 0 Å². The van der Waals surface area contributed by atoms with E-state index >= 15 is 0 Å². The van der Waals surface area contributed by atoms with E-state index in [0.717, 1.165) is 53.3 Å². The summed E-state index contributed by atoms with van der Waals surface area (Å²) in [5.41, 5.74) is 0.514. The highest BCUT2D eigenvalue weighted by atomic mass is 14.6. The Morgan fingerprint density at radius 1 is 0.469 bits per heavy atom. The summed E-state index contributed by atoms with van der Waals surface area (Å²) in [6.07, 6.45) is 29.6. The van der Waals surface area contributed by atoms with Crippen molar-refractivity contribution in [3.05, 3.63) is 0 Å². The van der Waals surface area contributed by atoms with Gasteiger partial charge in [-0.3, -0.25) is 0 Å². The Morgan fingerprint density at radius 2 is 1.12 bits per heavy atom. The average molecular weight is 441 g/mol. The van der Waals surface area contributed by atoms with E-state index in [2.05, 4.69) is 20.8 Å². The van der Waals surface area contributed by atoms with Crippen LogP contribution in [-0.2, 0) is 0 Å². The topological polar surface area (TPSA) is 0 Å². The van der Waals surface area contributed by atoms with Crippen molar-refractivity contribution in [2.75, 3.05) is 0 Å². The van der Waals surface area contributed by atoms with Crippen LogP contribution in [0.25, 0.3) is 0 Å². The van der Waals surface area contributed by atoms with E-state index in [4.69, 9.17) is 0 Å². The predicted octanol–water partition coefficient (Wildman–Crippen LogP) is 10.1. The molecule has 5 fully saturated rings. The van der Waals surface area contributed by atoms with Gasteiger partial charge in [-0.15, -0.1) is 0 Å². The number of rotatable bonds is 3. The second-order valence-corrected chi connectivity index (χ2v) is 14.6. The maximum atomic E-state index is 2.62. The zero-order valence-electron chi connectivity index (χ0n) is 22.1. The lowest BCUT2D eigenvalue weighted by Crippen LogP contribution is -2.50. The van der Waals surface area contributed by atoms with Gasteiger partial charge in [-0.1, -0.05) is 104 Å². The lowest BCUT2D eigenvalue weighted by molar-refractivity contribution is -0.0830. The molecule has 0 N–H and O–H groups in total. The molecule has 5 saturated carbocycles. The van der Waals surface area contributed by atoms with E-state index in [1.54, 1.807) is 77.0 Å². The van der Waals surface area contributed by atoms with Crippen molar-refractivity contribution in [2.24, 2.45) is 58.7 Å². The van der Waals surface area contributed by atoms with Gasteiger partial charge in [0.05, 0.1) is 0 Å². The third-order valence-electron chi connectivity index (χ3n) is 11.7. The number of hydrogen-bond donors (Lipinski definition) is 0. The van der Waals surface area contributed by atoms with Crippen molar-refractivity contribution in [1.82, 2.24) is 0 Å². The van der Waals surface area contributed by atoms with Gasteiger partial charge in [0, 0.05) is 0 Å². The molecule has 0 nitrogen and oxygen atoms in total. The predicted molar refractivity (Wildman–Crippen MR) is 139 cm³/mol. The van der Waals surface area contributed by atoms with Crippen LogP contribution in [0.1, 0.15) is 143 Å². The van der Waals surface area contributed by atoms with Crippen LogP contribution in [0, 0.1) is 58.7 Å². The van der Waals surface area contributed by atoms with Crippen LogP contribution in [0.4, 0.5) is 0 Å². The molecule has 0 bridgehead atoms. The summed E-state index contributed by atoms with van der Waals surface area (Å²) in [4.78, 5) is 0. The van der Waals surface area contributed by atoms with Crippen LogP contribution in [0.3, 0.4) is 0 Å². The first kappa shape index (κ1) is 23.7. The summed E-state index contributed by atoms with van der Waals surface area (Å²) in [6.45, 7) is 7.86. The molecular weight excluding hydrogens is 384 g/mol. The zero-order chi connectivity index (χ0) is 22.1. The number of fused-ring (bicyclic) bond motifs is 4. The van der Waals surface area contributed by atoms with Gasteiger partial charge in [-0.2, -0.15) is 0 Å². The van der Waals surface area contributed by atoms with Gasteiger partial charge >= 0.3 is 0 Å². The Balaban J connectivity index is 1.24. The van der Waals surface area contributed by atoms with E-state index in [1.807, 2.05) is 0 Å². The molecule has 5 rings (SSSR count). The highest BCUT2D eigenvalue weighted by Gasteiger charge is 2.55. The maximum absolute atomic E-state index is 2.62. The highest BCUT2D eigenvalue weighted by molar-refractivity contribution is 5.04. The standard InChI is InChI=1S/C32H56/c1-32(2,3)31-28-19-18-25-14-10-11-15-27(25)30(28)22-26-20-24(21-29(26)31)17-16-23-12-8-6-4-5-7-9-13-23/h23-31H,4-22H2,1-3H3. The molecule has 184 valence electrons. The first-order valence-corrected chi connectivity index (χ1v) is 15.5. The van der Waals surface area contributed by atoms with Gasteiger partial charge in [0.1, 0.15) is 0 Å². The lowest BCUT2D eigenvalue weighted by Gasteiger charge is -2.57. The molecule has 0 heterocycles. The minimum absolute atomic E-state index is 0.514. The van der Waals surface area contributed by atoms with E-state index in [0.29, 0.717) is 5.41 Å². The average Bonchev–Trinajstić information content (AvgIpc) is 3.22. The molecule has 8 atom stereocenters. The third-order valence-corrected chi connectivity index (χ3v) is 11.7. The highest BCUT2D eigenvalue weighted by Crippen LogP contribution is 2.63. The smallest absolute Gasteiger partial charge is 0.0303 e. The molecular formula is C32H56. The van der Waals surface area contributed by atoms with Crippen molar-refractivity contribution in [2.45, 2.75) is 143 Å². The third kappa shape index (κ3) is 5.15. The van der Waals surface area contributed by atoms with Gasteiger partial charge in [0.25, 0.3) is 0 Å². The Kier molecular flexibility index (Phi) is 7.65. The van der Waals surface area contributed by atoms with E-state index in [1.165, 1.54) is 44.9 Å². The fraction of sp³-hybridized carbons (Fsp3) is 1.00.